The van der Waals surface area contributed by atoms with Gasteiger partial charge in [0.05, 0.1) is 6.04 Å². The number of aliphatic carboxylic acids is 1. The zero-order chi connectivity index (χ0) is 17.9. The Hall–Kier alpha value is -1.79. The molecule has 2 atom stereocenters. The number of carboxylic acids is 1. The Morgan fingerprint density at radius 3 is 2.42 bits per heavy atom. The van der Waals surface area contributed by atoms with Crippen molar-refractivity contribution in [1.82, 2.24) is 15.5 Å². The van der Waals surface area contributed by atoms with Gasteiger partial charge in [0.2, 0.25) is 5.91 Å². The number of nitrogens with one attached hydrogen (secondary N) is 2. The van der Waals surface area contributed by atoms with Crippen LogP contribution in [-0.4, -0.2) is 53.6 Å². The first-order valence-electron chi connectivity index (χ1n) is 8.93. The zero-order valence-electron chi connectivity index (χ0n) is 14.8. The van der Waals surface area contributed by atoms with Crippen molar-refractivity contribution in [2.45, 2.75) is 76.8 Å². The Bertz CT molecular complexity index is 428. The van der Waals surface area contributed by atoms with Crippen LogP contribution in [0.1, 0.15) is 64.7 Å². The third-order valence-electron chi connectivity index (χ3n) is 4.54. The first-order chi connectivity index (χ1) is 11.4. The number of amides is 3. The molecule has 1 aliphatic rings. The maximum Gasteiger partial charge on any atom is 0.317 e. The fourth-order valence-corrected chi connectivity index (χ4v) is 3.03. The molecule has 0 radical (unpaired) electrons. The van der Waals surface area contributed by atoms with Crippen molar-refractivity contribution in [3.05, 3.63) is 0 Å². The second kappa shape index (κ2) is 10.9. The molecule has 0 unspecified atom stereocenters. The smallest absolute Gasteiger partial charge is 0.317 e. The van der Waals surface area contributed by atoms with Gasteiger partial charge in [0.25, 0.3) is 0 Å². The van der Waals surface area contributed by atoms with Crippen LogP contribution in [0, 0.1) is 0 Å². The van der Waals surface area contributed by atoms with E-state index < -0.39 is 5.97 Å². The highest BCUT2D eigenvalue weighted by molar-refractivity contribution is 5.77. The summed E-state index contributed by atoms with van der Waals surface area (Å²) in [5, 5.41) is 14.3. The molecule has 1 heterocycles. The van der Waals surface area contributed by atoms with Crippen LogP contribution >= 0.6 is 0 Å². The van der Waals surface area contributed by atoms with E-state index in [-0.39, 0.29) is 30.4 Å². The second-order valence-electron chi connectivity index (χ2n) is 6.57. The Balaban J connectivity index is 1.96. The molecule has 0 aromatic heterocycles. The number of carbonyl (C=O) groups excluding carboxylic acids is 2. The first-order valence-corrected chi connectivity index (χ1v) is 8.93. The summed E-state index contributed by atoms with van der Waals surface area (Å²) in [6.45, 7) is 2.65. The molecule has 0 aliphatic carbocycles. The molecule has 7 heteroatoms. The highest BCUT2D eigenvalue weighted by atomic mass is 16.4. The van der Waals surface area contributed by atoms with E-state index in [9.17, 15) is 14.4 Å². The van der Waals surface area contributed by atoms with Gasteiger partial charge in [0.1, 0.15) is 0 Å². The fourth-order valence-electron chi connectivity index (χ4n) is 3.03. The number of nitrogens with zero attached hydrogens (tertiary/aromatic N) is 1. The second-order valence-corrected chi connectivity index (χ2v) is 6.57. The number of likely N-dealkylation sites (N-methyl/N-ethyl adjacent to an activating group) is 1. The van der Waals surface area contributed by atoms with E-state index in [0.29, 0.717) is 19.4 Å². The Labute approximate surface area is 144 Å². The van der Waals surface area contributed by atoms with Gasteiger partial charge in [0, 0.05) is 32.5 Å². The summed E-state index contributed by atoms with van der Waals surface area (Å²) in [5.74, 6) is -0.700. The predicted octanol–water partition coefficient (Wildman–Crippen LogP) is 2.11. The van der Waals surface area contributed by atoms with Crippen molar-refractivity contribution < 1.29 is 19.5 Å². The van der Waals surface area contributed by atoms with Crippen LogP contribution in [0.5, 0.6) is 0 Å². The van der Waals surface area contributed by atoms with Gasteiger partial charge in [0.15, 0.2) is 0 Å². The fraction of sp³-hybridized carbons (Fsp3) is 0.824. The molecule has 3 amide bonds. The highest BCUT2D eigenvalue weighted by Crippen LogP contribution is 2.18. The van der Waals surface area contributed by atoms with E-state index in [1.807, 2.05) is 14.0 Å². The largest absolute Gasteiger partial charge is 0.481 e. The van der Waals surface area contributed by atoms with Crippen LogP contribution in [0.2, 0.25) is 0 Å². The van der Waals surface area contributed by atoms with Crippen molar-refractivity contribution in [2.24, 2.45) is 0 Å². The molecule has 0 spiro atoms. The van der Waals surface area contributed by atoms with Crippen LogP contribution in [0.25, 0.3) is 0 Å². The van der Waals surface area contributed by atoms with E-state index >= 15 is 0 Å². The van der Waals surface area contributed by atoms with Gasteiger partial charge in [-0.1, -0.05) is 19.3 Å². The minimum Gasteiger partial charge on any atom is -0.481 e. The van der Waals surface area contributed by atoms with Crippen LogP contribution in [-0.2, 0) is 9.59 Å². The van der Waals surface area contributed by atoms with Crippen molar-refractivity contribution >= 4 is 17.9 Å². The lowest BCUT2D eigenvalue weighted by molar-refractivity contribution is -0.137. The molecule has 1 saturated heterocycles. The van der Waals surface area contributed by atoms with E-state index in [1.54, 1.807) is 4.90 Å². The van der Waals surface area contributed by atoms with Gasteiger partial charge < -0.3 is 20.6 Å². The van der Waals surface area contributed by atoms with Crippen LogP contribution in [0.3, 0.4) is 0 Å². The summed E-state index contributed by atoms with van der Waals surface area (Å²) < 4.78 is 0. The standard InChI is InChI=1S/C17H31N3O4/c1-13-14(20(2)17(24)19-13)9-5-3-6-10-15(21)18-12-8-4-7-11-16(22)23/h13-14H,3-12H2,1-2H3,(H,18,21)(H,19,24)(H,22,23)/t13-,14+/m0/s1. The lowest BCUT2D eigenvalue weighted by Gasteiger charge is -2.20. The summed E-state index contributed by atoms with van der Waals surface area (Å²) >= 11 is 0. The van der Waals surface area contributed by atoms with Crippen LogP contribution < -0.4 is 10.6 Å². The monoisotopic (exact) mass is 341 g/mol. The van der Waals surface area contributed by atoms with Crippen molar-refractivity contribution in [1.29, 1.82) is 0 Å². The Morgan fingerprint density at radius 1 is 1.12 bits per heavy atom. The number of hydrogen-bond acceptors (Lipinski definition) is 3. The minimum atomic E-state index is -0.766. The summed E-state index contributed by atoms with van der Waals surface area (Å²) in [6, 6.07) is 0.430. The Kier molecular flexibility index (Phi) is 9.19. The van der Waals surface area contributed by atoms with Gasteiger partial charge in [-0.25, -0.2) is 4.79 Å². The molecule has 0 aromatic rings. The van der Waals surface area contributed by atoms with Crippen molar-refractivity contribution in [3.8, 4) is 0 Å². The van der Waals surface area contributed by atoms with E-state index in [2.05, 4.69) is 10.6 Å². The molecule has 7 nitrogen and oxygen atoms in total. The van der Waals surface area contributed by atoms with Gasteiger partial charge in [-0.15, -0.1) is 0 Å². The van der Waals surface area contributed by atoms with Gasteiger partial charge >= 0.3 is 12.0 Å². The van der Waals surface area contributed by atoms with E-state index in [0.717, 1.165) is 38.5 Å². The maximum absolute atomic E-state index is 11.7. The third kappa shape index (κ3) is 7.66. The molecule has 0 bridgehead atoms. The average Bonchev–Trinajstić information content (AvgIpc) is 2.76. The molecule has 24 heavy (non-hydrogen) atoms. The number of rotatable bonds is 12. The lowest BCUT2D eigenvalue weighted by atomic mass is 10.0. The zero-order valence-corrected chi connectivity index (χ0v) is 14.8. The number of carbonyl (C=O) groups is 3. The molecule has 1 fully saturated rings. The molecule has 0 aromatic carbocycles. The maximum atomic E-state index is 11.7. The molecule has 3 N–H and O–H groups in total. The molecular formula is C17H31N3O4. The molecular weight excluding hydrogens is 310 g/mol. The number of urea groups is 1. The van der Waals surface area contributed by atoms with Crippen molar-refractivity contribution in [3.63, 3.8) is 0 Å². The minimum absolute atomic E-state index is 0.00441. The SMILES string of the molecule is C[C@@H]1NC(=O)N(C)[C@@H]1CCCCCC(=O)NCCCCCC(=O)O. The molecule has 138 valence electrons. The molecule has 1 aliphatic heterocycles. The summed E-state index contributed by atoms with van der Waals surface area (Å²) in [4.78, 5) is 35.3. The van der Waals surface area contributed by atoms with Gasteiger partial charge in [-0.2, -0.15) is 0 Å². The summed E-state index contributed by atoms with van der Waals surface area (Å²) in [7, 11) is 1.83. The lowest BCUT2D eigenvalue weighted by Crippen LogP contribution is -2.32. The number of hydrogen-bond donors (Lipinski definition) is 3. The van der Waals surface area contributed by atoms with Crippen molar-refractivity contribution in [2.75, 3.05) is 13.6 Å². The van der Waals surface area contributed by atoms with Gasteiger partial charge in [-0.3, -0.25) is 9.59 Å². The quantitative estimate of drug-likeness (QED) is 0.473. The van der Waals surface area contributed by atoms with Crippen LogP contribution in [0.4, 0.5) is 4.79 Å². The summed E-state index contributed by atoms with van der Waals surface area (Å²) in [6.07, 6.45) is 6.86. The third-order valence-corrected chi connectivity index (χ3v) is 4.54. The normalized spacial score (nSPS) is 20.1. The Morgan fingerprint density at radius 2 is 1.79 bits per heavy atom. The first kappa shape index (κ1) is 20.3. The molecule has 0 saturated carbocycles. The number of carboxylic acid groups (broad SMARTS) is 1. The van der Waals surface area contributed by atoms with Crippen LogP contribution in [0.15, 0.2) is 0 Å². The summed E-state index contributed by atoms with van der Waals surface area (Å²) in [5.41, 5.74) is 0. The topological polar surface area (TPSA) is 98.7 Å². The van der Waals surface area contributed by atoms with Gasteiger partial charge in [-0.05, 0) is 32.6 Å². The van der Waals surface area contributed by atoms with E-state index in [1.165, 1.54) is 0 Å². The predicted molar refractivity (Wildman–Crippen MR) is 91.7 cm³/mol. The van der Waals surface area contributed by atoms with E-state index in [4.69, 9.17) is 5.11 Å². The number of unbranched alkanes of at least 4 members (excludes halogenated alkanes) is 4. The molecule has 1 rings (SSSR count). The average molecular weight is 341 g/mol. The highest BCUT2D eigenvalue weighted by Gasteiger charge is 2.32.